The molecule has 1 amide bonds. The molecule has 124 valence electrons. The van der Waals surface area contributed by atoms with Crippen LogP contribution >= 0.6 is 0 Å². The van der Waals surface area contributed by atoms with Gasteiger partial charge in [0.25, 0.3) is 0 Å². The summed E-state index contributed by atoms with van der Waals surface area (Å²) in [6.45, 7) is 10.9. The molecule has 1 N–H and O–H groups in total. The zero-order valence-corrected chi connectivity index (χ0v) is 13.9. The predicted molar refractivity (Wildman–Crippen MR) is 84.4 cm³/mol. The summed E-state index contributed by atoms with van der Waals surface area (Å²) in [5, 5.41) is 3.34. The third-order valence-corrected chi connectivity index (χ3v) is 3.70. The molecule has 0 bridgehead atoms. The highest BCUT2D eigenvalue weighted by atomic mass is 16.5. The van der Waals surface area contributed by atoms with E-state index in [-0.39, 0.29) is 12.0 Å². The summed E-state index contributed by atoms with van der Waals surface area (Å²) in [4.78, 5) is 14.1. The van der Waals surface area contributed by atoms with Crippen LogP contribution < -0.4 is 5.32 Å². The fraction of sp³-hybridized carbons (Fsp3) is 0.938. The molecule has 0 radical (unpaired) electrons. The second-order valence-corrected chi connectivity index (χ2v) is 5.86. The number of nitrogens with one attached hydrogen (secondary N) is 1. The van der Waals surface area contributed by atoms with Crippen LogP contribution in [0.4, 0.5) is 0 Å². The molecular weight excluding hydrogens is 268 g/mol. The number of carbonyl (C=O) groups is 1. The van der Waals surface area contributed by atoms with Gasteiger partial charge in [-0.2, -0.15) is 0 Å². The van der Waals surface area contributed by atoms with E-state index >= 15 is 0 Å². The molecular formula is C16H32N2O3. The Morgan fingerprint density at radius 2 is 2.00 bits per heavy atom. The van der Waals surface area contributed by atoms with Crippen molar-refractivity contribution in [3.05, 3.63) is 0 Å². The number of hydrogen-bond donors (Lipinski definition) is 1. The maximum absolute atomic E-state index is 12.1. The molecule has 1 rings (SSSR count). The topological polar surface area (TPSA) is 50.8 Å². The number of rotatable bonds is 10. The van der Waals surface area contributed by atoms with Crippen molar-refractivity contribution in [3.8, 4) is 0 Å². The van der Waals surface area contributed by atoms with Gasteiger partial charge in [-0.05, 0) is 32.7 Å². The molecule has 1 saturated heterocycles. The maximum atomic E-state index is 12.1. The van der Waals surface area contributed by atoms with E-state index in [2.05, 4.69) is 19.2 Å². The first-order chi connectivity index (χ1) is 10.1. The SMILES string of the molecule is CCOCCOC1CCN(C(=O)CCCNC(C)C)CC1. The molecule has 0 aromatic rings. The molecule has 1 aliphatic rings. The van der Waals surface area contributed by atoms with Gasteiger partial charge < -0.3 is 19.7 Å². The molecule has 5 nitrogen and oxygen atoms in total. The van der Waals surface area contributed by atoms with Crippen LogP contribution in [0.3, 0.4) is 0 Å². The summed E-state index contributed by atoms with van der Waals surface area (Å²) >= 11 is 0. The normalized spacial score (nSPS) is 16.7. The second-order valence-electron chi connectivity index (χ2n) is 5.86. The van der Waals surface area contributed by atoms with Crippen LogP contribution in [0.15, 0.2) is 0 Å². The first-order valence-corrected chi connectivity index (χ1v) is 8.34. The Kier molecular flexibility index (Phi) is 9.63. The lowest BCUT2D eigenvalue weighted by Gasteiger charge is -2.32. The van der Waals surface area contributed by atoms with E-state index in [1.807, 2.05) is 11.8 Å². The fourth-order valence-corrected chi connectivity index (χ4v) is 2.48. The quantitative estimate of drug-likeness (QED) is 0.625. The first kappa shape index (κ1) is 18.4. The molecule has 0 saturated carbocycles. The van der Waals surface area contributed by atoms with Crippen LogP contribution in [-0.4, -0.2) is 62.4 Å². The van der Waals surface area contributed by atoms with E-state index in [0.717, 1.165) is 45.5 Å². The lowest BCUT2D eigenvalue weighted by molar-refractivity contribution is -0.134. The van der Waals surface area contributed by atoms with Crippen LogP contribution in [0.1, 0.15) is 46.5 Å². The van der Waals surface area contributed by atoms with Crippen molar-refractivity contribution in [3.63, 3.8) is 0 Å². The van der Waals surface area contributed by atoms with E-state index < -0.39 is 0 Å². The van der Waals surface area contributed by atoms with Gasteiger partial charge in [-0.25, -0.2) is 0 Å². The van der Waals surface area contributed by atoms with Crippen molar-refractivity contribution in [2.24, 2.45) is 0 Å². The average Bonchev–Trinajstić information content (AvgIpc) is 2.48. The van der Waals surface area contributed by atoms with Crippen LogP contribution in [0, 0.1) is 0 Å². The van der Waals surface area contributed by atoms with Gasteiger partial charge in [0.15, 0.2) is 0 Å². The first-order valence-electron chi connectivity index (χ1n) is 8.34. The minimum absolute atomic E-state index is 0.285. The number of amides is 1. The Morgan fingerprint density at radius 1 is 1.29 bits per heavy atom. The number of piperidine rings is 1. The Balaban J connectivity index is 2.07. The van der Waals surface area contributed by atoms with Gasteiger partial charge >= 0.3 is 0 Å². The predicted octanol–water partition coefficient (Wildman–Crippen LogP) is 1.81. The molecule has 0 spiro atoms. The van der Waals surface area contributed by atoms with Gasteiger partial charge in [0.05, 0.1) is 19.3 Å². The van der Waals surface area contributed by atoms with E-state index in [4.69, 9.17) is 9.47 Å². The highest BCUT2D eigenvalue weighted by Crippen LogP contribution is 2.14. The third kappa shape index (κ3) is 8.39. The van der Waals surface area contributed by atoms with Gasteiger partial charge in [-0.15, -0.1) is 0 Å². The smallest absolute Gasteiger partial charge is 0.222 e. The average molecular weight is 300 g/mol. The zero-order chi connectivity index (χ0) is 15.5. The lowest BCUT2D eigenvalue weighted by Crippen LogP contribution is -2.41. The number of carbonyl (C=O) groups excluding carboxylic acids is 1. The summed E-state index contributed by atoms with van der Waals surface area (Å²) in [7, 11) is 0. The summed E-state index contributed by atoms with van der Waals surface area (Å²) in [6.07, 6.45) is 3.75. The van der Waals surface area contributed by atoms with Crippen LogP contribution in [-0.2, 0) is 14.3 Å². The standard InChI is InChI=1S/C16H32N2O3/c1-4-20-12-13-21-15-7-10-18(11-8-15)16(19)6-5-9-17-14(2)3/h14-15,17H,4-13H2,1-3H3. The largest absolute Gasteiger partial charge is 0.379 e. The molecule has 0 atom stereocenters. The summed E-state index contributed by atoms with van der Waals surface area (Å²) in [5.74, 6) is 0.285. The van der Waals surface area contributed by atoms with Gasteiger partial charge in [0, 0.05) is 32.2 Å². The minimum atomic E-state index is 0.285. The van der Waals surface area contributed by atoms with Crippen LogP contribution in [0.25, 0.3) is 0 Å². The Labute approximate surface area is 129 Å². The molecule has 1 aliphatic heterocycles. The van der Waals surface area contributed by atoms with Crippen molar-refractivity contribution < 1.29 is 14.3 Å². The van der Waals surface area contributed by atoms with Crippen molar-refractivity contribution in [1.29, 1.82) is 0 Å². The highest BCUT2D eigenvalue weighted by Gasteiger charge is 2.22. The molecule has 21 heavy (non-hydrogen) atoms. The molecule has 0 aromatic heterocycles. The van der Waals surface area contributed by atoms with Crippen molar-refractivity contribution in [1.82, 2.24) is 10.2 Å². The number of hydrogen-bond acceptors (Lipinski definition) is 4. The lowest BCUT2D eigenvalue weighted by atomic mass is 10.1. The van der Waals surface area contributed by atoms with Crippen LogP contribution in [0.5, 0.6) is 0 Å². The van der Waals surface area contributed by atoms with Crippen molar-refractivity contribution >= 4 is 5.91 Å². The zero-order valence-electron chi connectivity index (χ0n) is 13.9. The van der Waals surface area contributed by atoms with Crippen molar-refractivity contribution in [2.75, 3.05) is 39.5 Å². The van der Waals surface area contributed by atoms with Gasteiger partial charge in [0.1, 0.15) is 0 Å². The fourth-order valence-electron chi connectivity index (χ4n) is 2.48. The van der Waals surface area contributed by atoms with E-state index in [0.29, 0.717) is 25.7 Å². The van der Waals surface area contributed by atoms with Crippen LogP contribution in [0.2, 0.25) is 0 Å². The molecule has 0 unspecified atom stereocenters. The molecule has 1 fully saturated rings. The van der Waals surface area contributed by atoms with E-state index in [9.17, 15) is 4.79 Å². The highest BCUT2D eigenvalue weighted by molar-refractivity contribution is 5.76. The van der Waals surface area contributed by atoms with Gasteiger partial charge in [-0.3, -0.25) is 4.79 Å². The maximum Gasteiger partial charge on any atom is 0.222 e. The number of ether oxygens (including phenoxy) is 2. The summed E-state index contributed by atoms with van der Waals surface area (Å²) in [6, 6.07) is 0.490. The molecule has 0 aliphatic carbocycles. The van der Waals surface area contributed by atoms with E-state index in [1.54, 1.807) is 0 Å². The number of nitrogens with zero attached hydrogens (tertiary/aromatic N) is 1. The third-order valence-electron chi connectivity index (χ3n) is 3.70. The van der Waals surface area contributed by atoms with Crippen molar-refractivity contribution in [2.45, 2.75) is 58.6 Å². The van der Waals surface area contributed by atoms with E-state index in [1.165, 1.54) is 0 Å². The monoisotopic (exact) mass is 300 g/mol. The number of likely N-dealkylation sites (tertiary alicyclic amines) is 1. The Morgan fingerprint density at radius 3 is 2.62 bits per heavy atom. The van der Waals surface area contributed by atoms with Gasteiger partial charge in [0.2, 0.25) is 5.91 Å². The Bertz CT molecular complexity index is 277. The minimum Gasteiger partial charge on any atom is -0.379 e. The molecule has 1 heterocycles. The Hall–Kier alpha value is -0.650. The van der Waals surface area contributed by atoms with Gasteiger partial charge in [-0.1, -0.05) is 13.8 Å². The molecule has 0 aromatic carbocycles. The summed E-state index contributed by atoms with van der Waals surface area (Å²) < 4.78 is 11.0. The summed E-state index contributed by atoms with van der Waals surface area (Å²) in [5.41, 5.74) is 0. The second kappa shape index (κ2) is 11.0. The molecule has 5 heteroatoms.